The number of halogens is 1. The highest BCUT2D eigenvalue weighted by Gasteiger charge is 2.46. The summed E-state index contributed by atoms with van der Waals surface area (Å²) in [6.45, 7) is 1.36. The minimum absolute atomic E-state index is 0.0263. The Morgan fingerprint density at radius 2 is 2.26 bits per heavy atom. The van der Waals surface area contributed by atoms with Gasteiger partial charge >= 0.3 is 0 Å². The smallest absolute Gasteiger partial charge is 0.226 e. The predicted molar refractivity (Wildman–Crippen MR) is 76.7 cm³/mol. The second-order valence-electron chi connectivity index (χ2n) is 5.50. The lowest BCUT2D eigenvalue weighted by Crippen LogP contribution is -2.41. The van der Waals surface area contributed by atoms with Crippen molar-refractivity contribution in [1.82, 2.24) is 5.32 Å². The molecule has 0 radical (unpaired) electrons. The van der Waals surface area contributed by atoms with Gasteiger partial charge < -0.3 is 10.1 Å². The van der Waals surface area contributed by atoms with Gasteiger partial charge in [-0.05, 0) is 43.4 Å². The van der Waals surface area contributed by atoms with Gasteiger partial charge in [-0.1, -0.05) is 28.1 Å². The maximum atomic E-state index is 12.3. The molecule has 0 unspecified atom stereocenters. The van der Waals surface area contributed by atoms with E-state index in [0.717, 1.165) is 36.8 Å². The van der Waals surface area contributed by atoms with Crippen molar-refractivity contribution in [2.24, 2.45) is 5.92 Å². The predicted octanol–water partition coefficient (Wildman–Crippen LogP) is 2.98. The minimum atomic E-state index is -0.127. The van der Waals surface area contributed by atoms with E-state index >= 15 is 0 Å². The first-order valence-corrected chi connectivity index (χ1v) is 7.65. The van der Waals surface area contributed by atoms with Crippen LogP contribution in [0.4, 0.5) is 0 Å². The molecule has 1 aliphatic carbocycles. The van der Waals surface area contributed by atoms with E-state index in [0.29, 0.717) is 6.61 Å². The standard InChI is InChI=1S/C15H18BrNO2/c16-13-5-1-4-12(9-13)15(6-7-15)17-14(18)11-3-2-8-19-10-11/h1,4-5,9,11H,2-3,6-8,10H2,(H,17,18)/t11-/m0/s1. The molecule has 1 aromatic carbocycles. The van der Waals surface area contributed by atoms with Gasteiger partial charge in [-0.25, -0.2) is 0 Å². The molecular weight excluding hydrogens is 306 g/mol. The second kappa shape index (κ2) is 5.25. The first kappa shape index (κ1) is 13.1. The van der Waals surface area contributed by atoms with E-state index in [9.17, 15) is 4.79 Å². The van der Waals surface area contributed by atoms with Crippen LogP contribution in [0.25, 0.3) is 0 Å². The summed E-state index contributed by atoms with van der Waals surface area (Å²) in [6, 6.07) is 8.23. The number of nitrogens with one attached hydrogen (secondary N) is 1. The fourth-order valence-electron chi connectivity index (χ4n) is 2.68. The van der Waals surface area contributed by atoms with Crippen LogP contribution in [0.3, 0.4) is 0 Å². The zero-order valence-corrected chi connectivity index (χ0v) is 12.4. The van der Waals surface area contributed by atoms with Crippen LogP contribution in [-0.2, 0) is 15.1 Å². The Labute approximate surface area is 121 Å². The van der Waals surface area contributed by atoms with Crippen molar-refractivity contribution in [3.8, 4) is 0 Å². The SMILES string of the molecule is O=C(NC1(c2cccc(Br)c2)CC1)[C@H]1CCCOC1. The molecule has 1 aliphatic heterocycles. The summed E-state index contributed by atoms with van der Waals surface area (Å²) in [7, 11) is 0. The van der Waals surface area contributed by atoms with E-state index in [1.807, 2.05) is 12.1 Å². The minimum Gasteiger partial charge on any atom is -0.381 e. The van der Waals surface area contributed by atoms with E-state index in [-0.39, 0.29) is 17.4 Å². The van der Waals surface area contributed by atoms with E-state index in [1.165, 1.54) is 5.56 Å². The summed E-state index contributed by atoms with van der Waals surface area (Å²) in [5.41, 5.74) is 1.07. The van der Waals surface area contributed by atoms with Crippen LogP contribution >= 0.6 is 15.9 Å². The van der Waals surface area contributed by atoms with Gasteiger partial charge in [0.15, 0.2) is 0 Å². The Balaban J connectivity index is 1.70. The molecule has 3 nitrogen and oxygen atoms in total. The van der Waals surface area contributed by atoms with Crippen molar-refractivity contribution in [3.63, 3.8) is 0 Å². The molecule has 0 spiro atoms. The van der Waals surface area contributed by atoms with Crippen LogP contribution in [0.2, 0.25) is 0 Å². The Kier molecular flexibility index (Phi) is 3.63. The highest BCUT2D eigenvalue weighted by molar-refractivity contribution is 9.10. The van der Waals surface area contributed by atoms with Gasteiger partial charge in [0.1, 0.15) is 0 Å². The highest BCUT2D eigenvalue weighted by atomic mass is 79.9. The number of ether oxygens (including phenoxy) is 1. The highest BCUT2D eigenvalue weighted by Crippen LogP contribution is 2.46. The molecule has 3 rings (SSSR count). The van der Waals surface area contributed by atoms with Gasteiger partial charge in [-0.3, -0.25) is 4.79 Å². The van der Waals surface area contributed by atoms with Crippen LogP contribution in [0.1, 0.15) is 31.2 Å². The topological polar surface area (TPSA) is 38.3 Å². The summed E-state index contributed by atoms with van der Waals surface area (Å²) in [5.74, 6) is 0.176. The number of carbonyl (C=O) groups excluding carboxylic acids is 1. The third kappa shape index (κ3) is 2.84. The number of hydrogen-bond acceptors (Lipinski definition) is 2. The molecule has 1 saturated carbocycles. The van der Waals surface area contributed by atoms with Crippen molar-refractivity contribution < 1.29 is 9.53 Å². The summed E-state index contributed by atoms with van der Waals surface area (Å²) < 4.78 is 6.46. The molecule has 1 N–H and O–H groups in total. The summed E-state index contributed by atoms with van der Waals surface area (Å²) in [4.78, 5) is 12.3. The zero-order valence-electron chi connectivity index (χ0n) is 10.8. The molecular formula is C15H18BrNO2. The third-order valence-corrected chi connectivity index (χ3v) is 4.51. The normalized spacial score (nSPS) is 24.8. The molecule has 0 bridgehead atoms. The maximum Gasteiger partial charge on any atom is 0.226 e. The molecule has 102 valence electrons. The second-order valence-corrected chi connectivity index (χ2v) is 6.41. The monoisotopic (exact) mass is 323 g/mol. The fourth-order valence-corrected chi connectivity index (χ4v) is 3.08. The van der Waals surface area contributed by atoms with Crippen LogP contribution in [-0.4, -0.2) is 19.1 Å². The molecule has 19 heavy (non-hydrogen) atoms. The molecule has 1 saturated heterocycles. The Morgan fingerprint density at radius 1 is 1.42 bits per heavy atom. The lowest BCUT2D eigenvalue weighted by molar-refractivity contribution is -0.130. The molecule has 1 aromatic rings. The van der Waals surface area contributed by atoms with Gasteiger partial charge in [-0.15, -0.1) is 0 Å². The van der Waals surface area contributed by atoms with E-state index in [2.05, 4.69) is 33.4 Å². The van der Waals surface area contributed by atoms with Crippen molar-refractivity contribution in [1.29, 1.82) is 0 Å². The average molecular weight is 324 g/mol. The van der Waals surface area contributed by atoms with Crippen molar-refractivity contribution >= 4 is 21.8 Å². The van der Waals surface area contributed by atoms with Crippen molar-refractivity contribution in [3.05, 3.63) is 34.3 Å². The van der Waals surface area contributed by atoms with Gasteiger partial charge in [0.25, 0.3) is 0 Å². The molecule has 1 heterocycles. The molecule has 1 atom stereocenters. The fraction of sp³-hybridized carbons (Fsp3) is 0.533. The summed E-state index contributed by atoms with van der Waals surface area (Å²) in [6.07, 6.45) is 3.99. The quantitative estimate of drug-likeness (QED) is 0.928. The van der Waals surface area contributed by atoms with Gasteiger partial charge in [0.2, 0.25) is 5.91 Å². The average Bonchev–Trinajstić information content (AvgIpc) is 3.21. The third-order valence-electron chi connectivity index (χ3n) is 4.02. The molecule has 0 aromatic heterocycles. The zero-order chi connectivity index (χ0) is 13.3. The lowest BCUT2D eigenvalue weighted by Gasteiger charge is -2.25. The van der Waals surface area contributed by atoms with Crippen LogP contribution in [0.15, 0.2) is 28.7 Å². The number of carbonyl (C=O) groups is 1. The van der Waals surface area contributed by atoms with Gasteiger partial charge in [-0.2, -0.15) is 0 Å². The lowest BCUT2D eigenvalue weighted by atomic mass is 9.99. The Hall–Kier alpha value is -0.870. The van der Waals surface area contributed by atoms with Crippen molar-refractivity contribution in [2.75, 3.05) is 13.2 Å². The molecule has 4 heteroatoms. The molecule has 1 amide bonds. The van der Waals surface area contributed by atoms with E-state index in [4.69, 9.17) is 4.74 Å². The first-order chi connectivity index (χ1) is 9.20. The van der Waals surface area contributed by atoms with Crippen LogP contribution in [0.5, 0.6) is 0 Å². The number of rotatable bonds is 3. The van der Waals surface area contributed by atoms with Gasteiger partial charge in [0.05, 0.1) is 18.1 Å². The molecule has 2 aliphatic rings. The van der Waals surface area contributed by atoms with Crippen molar-refractivity contribution in [2.45, 2.75) is 31.2 Å². The molecule has 2 fully saturated rings. The largest absolute Gasteiger partial charge is 0.381 e. The van der Waals surface area contributed by atoms with Crippen LogP contribution < -0.4 is 5.32 Å². The number of benzene rings is 1. The van der Waals surface area contributed by atoms with Gasteiger partial charge in [0, 0.05) is 11.1 Å². The number of hydrogen-bond donors (Lipinski definition) is 1. The number of amides is 1. The Morgan fingerprint density at radius 3 is 2.89 bits per heavy atom. The Bertz CT molecular complexity index is 479. The van der Waals surface area contributed by atoms with E-state index < -0.39 is 0 Å². The first-order valence-electron chi connectivity index (χ1n) is 6.85. The summed E-state index contributed by atoms with van der Waals surface area (Å²) >= 11 is 3.49. The van der Waals surface area contributed by atoms with E-state index in [1.54, 1.807) is 0 Å². The maximum absolute atomic E-state index is 12.3. The van der Waals surface area contributed by atoms with Crippen LogP contribution in [0, 0.1) is 5.92 Å². The summed E-state index contributed by atoms with van der Waals surface area (Å²) in [5, 5.41) is 3.24.